The van der Waals surface area contributed by atoms with Gasteiger partial charge in [0.1, 0.15) is 5.82 Å². The van der Waals surface area contributed by atoms with Gasteiger partial charge in [-0.25, -0.2) is 12.8 Å². The Bertz CT molecular complexity index is 995. The van der Waals surface area contributed by atoms with Gasteiger partial charge in [0.15, 0.2) is 0 Å². The summed E-state index contributed by atoms with van der Waals surface area (Å²) in [4.78, 5) is 2.40. The van der Waals surface area contributed by atoms with Crippen LogP contribution in [0.2, 0.25) is 0 Å². The van der Waals surface area contributed by atoms with Crippen molar-refractivity contribution in [1.29, 1.82) is 0 Å². The molecule has 0 unspecified atom stereocenters. The lowest BCUT2D eigenvalue weighted by atomic mass is 9.89. The van der Waals surface area contributed by atoms with E-state index in [2.05, 4.69) is 53.7 Å². The molecule has 0 spiro atoms. The average molecular weight is 447 g/mol. The Morgan fingerprint density at radius 3 is 1.77 bits per heavy atom. The highest BCUT2D eigenvalue weighted by molar-refractivity contribution is 7.89. The zero-order valence-electron chi connectivity index (χ0n) is 19.5. The normalized spacial score (nSPS) is 16.0. The van der Waals surface area contributed by atoms with Gasteiger partial charge in [0.2, 0.25) is 10.0 Å². The minimum Gasteiger partial charge on any atom is -0.367 e. The molecule has 0 N–H and O–H groups in total. The van der Waals surface area contributed by atoms with Gasteiger partial charge in [-0.1, -0.05) is 65.8 Å². The number of hydrogen-bond donors (Lipinski definition) is 0. The third-order valence-corrected chi connectivity index (χ3v) is 8.14. The van der Waals surface area contributed by atoms with Gasteiger partial charge in [0.25, 0.3) is 0 Å². The number of benzene rings is 2. The first kappa shape index (κ1) is 23.7. The van der Waals surface area contributed by atoms with Crippen LogP contribution in [0.1, 0.15) is 76.0 Å². The molecule has 0 bridgehead atoms. The summed E-state index contributed by atoms with van der Waals surface area (Å²) >= 11 is 0. The molecule has 31 heavy (non-hydrogen) atoms. The maximum absolute atomic E-state index is 14.2. The summed E-state index contributed by atoms with van der Waals surface area (Å²) in [5, 5.41) is 0. The summed E-state index contributed by atoms with van der Waals surface area (Å²) < 4.78 is 43.5. The number of rotatable bonds is 6. The lowest BCUT2D eigenvalue weighted by molar-refractivity contribution is 0.382. The molecule has 6 heteroatoms. The van der Waals surface area contributed by atoms with Crippen molar-refractivity contribution in [2.24, 2.45) is 0 Å². The van der Waals surface area contributed by atoms with Gasteiger partial charge in [0, 0.05) is 26.2 Å². The van der Waals surface area contributed by atoms with E-state index in [0.717, 1.165) is 11.1 Å². The molecule has 4 nitrogen and oxygen atoms in total. The average Bonchev–Trinajstić information content (AvgIpc) is 2.73. The Morgan fingerprint density at radius 2 is 1.32 bits per heavy atom. The quantitative estimate of drug-likeness (QED) is 0.571. The zero-order chi connectivity index (χ0) is 22.9. The van der Waals surface area contributed by atoms with E-state index in [-0.39, 0.29) is 17.7 Å². The van der Waals surface area contributed by atoms with Crippen LogP contribution in [0.15, 0.2) is 41.3 Å². The van der Waals surface area contributed by atoms with Crippen LogP contribution in [0.4, 0.5) is 10.1 Å². The highest BCUT2D eigenvalue weighted by Gasteiger charge is 2.34. The maximum atomic E-state index is 14.2. The number of nitrogens with zero attached hydrogens (tertiary/aromatic N) is 2. The van der Waals surface area contributed by atoms with Crippen LogP contribution in [0.5, 0.6) is 0 Å². The second-order valence-electron chi connectivity index (χ2n) is 9.34. The van der Waals surface area contributed by atoms with Crippen molar-refractivity contribution in [3.05, 3.63) is 58.9 Å². The summed E-state index contributed by atoms with van der Waals surface area (Å²) in [7, 11) is -3.66. The SMILES string of the molecule is CC(C)c1cc(C(C)C)c(S(=O)(=O)N2CCN(c3ccccc3F)CC2)c(C(C)C)c1. The van der Waals surface area contributed by atoms with E-state index in [1.165, 1.54) is 11.6 Å². The predicted molar refractivity (Wildman–Crippen MR) is 126 cm³/mol. The Kier molecular flexibility index (Phi) is 7.11. The van der Waals surface area contributed by atoms with Crippen molar-refractivity contribution < 1.29 is 12.8 Å². The molecule has 0 aliphatic carbocycles. The minimum atomic E-state index is -3.66. The van der Waals surface area contributed by atoms with Crippen molar-refractivity contribution in [2.45, 2.75) is 64.2 Å². The fraction of sp³-hybridized carbons (Fsp3) is 0.520. The fourth-order valence-corrected chi connectivity index (χ4v) is 6.28. The Hall–Kier alpha value is -1.92. The zero-order valence-corrected chi connectivity index (χ0v) is 20.3. The molecule has 0 saturated carbocycles. The second-order valence-corrected chi connectivity index (χ2v) is 11.2. The van der Waals surface area contributed by atoms with Crippen molar-refractivity contribution >= 4 is 15.7 Å². The standard InChI is InChI=1S/C25H35FN2O2S/c1-17(2)20-15-21(18(3)4)25(22(16-20)19(5)6)31(29,30)28-13-11-27(12-14-28)24-10-8-7-9-23(24)26/h7-10,15-19H,11-14H2,1-6H3. The highest BCUT2D eigenvalue weighted by atomic mass is 32.2. The highest BCUT2D eigenvalue weighted by Crippen LogP contribution is 2.37. The molecule has 170 valence electrons. The number of sulfonamides is 1. The molecule has 0 aromatic heterocycles. The van der Waals surface area contributed by atoms with Gasteiger partial charge >= 0.3 is 0 Å². The summed E-state index contributed by atoms with van der Waals surface area (Å²) in [6.45, 7) is 14.1. The number of para-hydroxylation sites is 1. The summed E-state index contributed by atoms with van der Waals surface area (Å²) in [6, 6.07) is 10.8. The Balaban J connectivity index is 1.98. The first-order valence-corrected chi connectivity index (χ1v) is 12.6. The summed E-state index contributed by atoms with van der Waals surface area (Å²) in [5.74, 6) is 0.254. The van der Waals surface area contributed by atoms with Crippen LogP contribution in [0, 0.1) is 5.82 Å². The van der Waals surface area contributed by atoms with E-state index >= 15 is 0 Å². The van der Waals surface area contributed by atoms with Crippen LogP contribution in [-0.4, -0.2) is 38.9 Å². The van der Waals surface area contributed by atoms with Crippen molar-refractivity contribution in [1.82, 2.24) is 4.31 Å². The molecule has 2 aromatic rings. The number of piperazine rings is 1. The molecule has 1 aliphatic heterocycles. The molecule has 1 fully saturated rings. The van der Waals surface area contributed by atoms with Crippen molar-refractivity contribution in [2.75, 3.05) is 31.1 Å². The molecule has 1 aliphatic rings. The summed E-state index contributed by atoms with van der Waals surface area (Å²) in [5.41, 5.74) is 3.50. The van der Waals surface area contributed by atoms with Gasteiger partial charge in [-0.05, 0) is 46.6 Å². The first-order valence-electron chi connectivity index (χ1n) is 11.2. The van der Waals surface area contributed by atoms with E-state index in [1.807, 2.05) is 11.0 Å². The molecule has 2 aromatic carbocycles. The van der Waals surface area contributed by atoms with Crippen molar-refractivity contribution in [3.8, 4) is 0 Å². The molecule has 3 rings (SSSR count). The molecule has 0 amide bonds. The molecule has 1 saturated heterocycles. The molecular weight excluding hydrogens is 411 g/mol. The van der Waals surface area contributed by atoms with Crippen LogP contribution < -0.4 is 4.90 Å². The van der Waals surface area contributed by atoms with Crippen LogP contribution >= 0.6 is 0 Å². The van der Waals surface area contributed by atoms with E-state index < -0.39 is 10.0 Å². The molecule has 0 atom stereocenters. The van der Waals surface area contributed by atoms with E-state index in [4.69, 9.17) is 0 Å². The van der Waals surface area contributed by atoms with E-state index in [1.54, 1.807) is 16.4 Å². The topological polar surface area (TPSA) is 40.6 Å². The van der Waals surface area contributed by atoms with Gasteiger partial charge in [0.05, 0.1) is 10.6 Å². The molecule has 0 radical (unpaired) electrons. The summed E-state index contributed by atoms with van der Waals surface area (Å²) in [6.07, 6.45) is 0. The third kappa shape index (κ3) is 4.80. The van der Waals surface area contributed by atoms with Gasteiger partial charge in [-0.2, -0.15) is 4.31 Å². The van der Waals surface area contributed by atoms with Crippen molar-refractivity contribution in [3.63, 3.8) is 0 Å². The smallest absolute Gasteiger partial charge is 0.243 e. The maximum Gasteiger partial charge on any atom is 0.243 e. The van der Waals surface area contributed by atoms with Gasteiger partial charge in [-0.15, -0.1) is 0 Å². The largest absolute Gasteiger partial charge is 0.367 e. The third-order valence-electron chi connectivity index (χ3n) is 6.11. The first-order chi connectivity index (χ1) is 14.5. The minimum absolute atomic E-state index is 0.0979. The van der Waals surface area contributed by atoms with Crippen LogP contribution in [0.25, 0.3) is 0 Å². The lowest BCUT2D eigenvalue weighted by Crippen LogP contribution is -2.49. The molecular formula is C25H35FN2O2S. The van der Waals surface area contributed by atoms with Crippen LogP contribution in [-0.2, 0) is 10.0 Å². The fourth-order valence-electron chi connectivity index (χ4n) is 4.19. The predicted octanol–water partition coefficient (Wildman–Crippen LogP) is 5.71. The lowest BCUT2D eigenvalue weighted by Gasteiger charge is -2.36. The van der Waals surface area contributed by atoms with Gasteiger partial charge in [-0.3, -0.25) is 0 Å². The van der Waals surface area contributed by atoms with E-state index in [0.29, 0.717) is 42.7 Å². The number of hydrogen-bond acceptors (Lipinski definition) is 3. The van der Waals surface area contributed by atoms with Gasteiger partial charge < -0.3 is 4.90 Å². The van der Waals surface area contributed by atoms with E-state index in [9.17, 15) is 12.8 Å². The second kappa shape index (κ2) is 9.29. The monoisotopic (exact) mass is 446 g/mol. The Labute approximate surface area is 187 Å². The van der Waals surface area contributed by atoms with Crippen LogP contribution in [0.3, 0.4) is 0 Å². The number of halogens is 1. The number of anilines is 1. The Morgan fingerprint density at radius 1 is 0.806 bits per heavy atom. The molecule has 1 heterocycles.